The fraction of sp³-hybridized carbons (Fsp3) is 0.357. The lowest BCUT2D eigenvalue weighted by atomic mass is 9.92. The zero-order chi connectivity index (χ0) is 14.1. The minimum atomic E-state index is -0.0125. The first-order chi connectivity index (χ1) is 9.63. The minimum absolute atomic E-state index is 0.0125. The van der Waals surface area contributed by atoms with Crippen molar-refractivity contribution in [3.05, 3.63) is 34.5 Å². The molecule has 0 amide bonds. The maximum absolute atomic E-state index is 12.6. The average molecular weight is 288 g/mol. The fourth-order valence-corrected chi connectivity index (χ4v) is 3.50. The molecule has 5 nitrogen and oxygen atoms in total. The first-order valence-electron chi connectivity index (χ1n) is 6.63. The van der Waals surface area contributed by atoms with Crippen LogP contribution in [-0.2, 0) is 12.8 Å². The lowest BCUT2D eigenvalue weighted by molar-refractivity contribution is 0.0919. The van der Waals surface area contributed by atoms with Gasteiger partial charge >= 0.3 is 0 Å². The number of anilines is 2. The molecule has 1 atom stereocenters. The Morgan fingerprint density at radius 1 is 1.35 bits per heavy atom. The molecule has 1 aliphatic rings. The van der Waals surface area contributed by atoms with Crippen LogP contribution in [0.2, 0.25) is 0 Å². The number of hydrogen-bond donors (Lipinski definition) is 2. The molecule has 0 saturated carbocycles. The van der Waals surface area contributed by atoms with Crippen molar-refractivity contribution < 1.29 is 4.79 Å². The van der Waals surface area contributed by atoms with E-state index in [-0.39, 0.29) is 11.7 Å². The Morgan fingerprint density at radius 2 is 2.20 bits per heavy atom. The number of nitrogens with zero attached hydrogens (tertiary/aromatic N) is 2. The Balaban J connectivity index is 1.83. The number of nitrogens with two attached hydrogens (primary N) is 2. The van der Waals surface area contributed by atoms with E-state index in [9.17, 15) is 4.79 Å². The largest absolute Gasteiger partial charge is 0.384 e. The lowest BCUT2D eigenvalue weighted by Crippen LogP contribution is -2.16. The third-order valence-electron chi connectivity index (χ3n) is 3.60. The molecule has 0 radical (unpaired) electrons. The molecular formula is C14H16N4OS. The van der Waals surface area contributed by atoms with Gasteiger partial charge in [0.1, 0.15) is 5.82 Å². The third-order valence-corrected chi connectivity index (χ3v) is 4.55. The molecule has 0 aliphatic heterocycles. The number of ketones is 1. The molecule has 0 bridgehead atoms. The van der Waals surface area contributed by atoms with Gasteiger partial charge in [0, 0.05) is 12.1 Å². The molecule has 1 unspecified atom stereocenters. The van der Waals surface area contributed by atoms with Crippen molar-refractivity contribution in [2.75, 3.05) is 11.5 Å². The van der Waals surface area contributed by atoms with Gasteiger partial charge in [-0.3, -0.25) is 4.79 Å². The van der Waals surface area contributed by atoms with Gasteiger partial charge in [-0.1, -0.05) is 17.4 Å². The second-order valence-electron chi connectivity index (χ2n) is 5.08. The van der Waals surface area contributed by atoms with Crippen LogP contribution in [0, 0.1) is 5.92 Å². The number of pyridine rings is 1. The van der Waals surface area contributed by atoms with Crippen molar-refractivity contribution in [2.45, 2.75) is 25.7 Å². The number of hydrogen-bond acceptors (Lipinski definition) is 6. The van der Waals surface area contributed by atoms with Crippen LogP contribution in [-0.4, -0.2) is 15.8 Å². The van der Waals surface area contributed by atoms with Gasteiger partial charge in [-0.05, 0) is 37.3 Å². The number of nitrogen functional groups attached to an aromatic ring is 2. The molecule has 104 valence electrons. The van der Waals surface area contributed by atoms with Crippen molar-refractivity contribution in [2.24, 2.45) is 5.92 Å². The van der Waals surface area contributed by atoms with Gasteiger partial charge in [-0.2, -0.15) is 0 Å². The van der Waals surface area contributed by atoms with E-state index in [1.54, 1.807) is 12.3 Å². The van der Waals surface area contributed by atoms with Gasteiger partial charge in [-0.25, -0.2) is 9.97 Å². The maximum atomic E-state index is 12.6. The molecule has 0 fully saturated rings. The molecule has 6 heteroatoms. The summed E-state index contributed by atoms with van der Waals surface area (Å²) in [6.07, 6.45) is 5.13. The Hall–Kier alpha value is -1.95. The highest BCUT2D eigenvalue weighted by atomic mass is 32.1. The van der Waals surface area contributed by atoms with Crippen molar-refractivity contribution >= 4 is 28.1 Å². The lowest BCUT2D eigenvalue weighted by Gasteiger charge is -2.12. The first kappa shape index (κ1) is 13.1. The highest BCUT2D eigenvalue weighted by Gasteiger charge is 2.28. The monoisotopic (exact) mass is 288 g/mol. The predicted molar refractivity (Wildman–Crippen MR) is 79.6 cm³/mol. The molecule has 2 aromatic rings. The smallest absolute Gasteiger partial charge is 0.180 e. The Bertz CT molecular complexity index is 635. The van der Waals surface area contributed by atoms with Crippen LogP contribution in [0.1, 0.15) is 33.8 Å². The molecule has 2 aromatic heterocycles. The molecule has 4 N–H and O–H groups in total. The molecule has 20 heavy (non-hydrogen) atoms. The first-order valence-corrected chi connectivity index (χ1v) is 7.45. The second-order valence-corrected chi connectivity index (χ2v) is 6.11. The summed E-state index contributed by atoms with van der Waals surface area (Å²) in [5.74, 6) is 0.656. The van der Waals surface area contributed by atoms with Crippen molar-refractivity contribution in [1.82, 2.24) is 9.97 Å². The van der Waals surface area contributed by atoms with Crippen LogP contribution in [0.15, 0.2) is 18.3 Å². The van der Waals surface area contributed by atoms with Gasteiger partial charge in [-0.15, -0.1) is 0 Å². The zero-order valence-corrected chi connectivity index (χ0v) is 11.8. The molecule has 1 aliphatic carbocycles. The molecule has 0 saturated heterocycles. The van der Waals surface area contributed by atoms with Crippen LogP contribution >= 0.6 is 11.3 Å². The second kappa shape index (κ2) is 5.20. The van der Waals surface area contributed by atoms with Crippen LogP contribution in [0.4, 0.5) is 10.9 Å². The van der Waals surface area contributed by atoms with Gasteiger partial charge in [0.05, 0.1) is 10.6 Å². The highest BCUT2D eigenvalue weighted by Crippen LogP contribution is 2.31. The SMILES string of the molecule is Nc1ccc(CC2CCCc3nc(N)sc3C2=O)cn1. The molecule has 0 aromatic carbocycles. The average Bonchev–Trinajstić information content (AvgIpc) is 2.74. The summed E-state index contributed by atoms with van der Waals surface area (Å²) in [5.41, 5.74) is 13.2. The van der Waals surface area contributed by atoms with Crippen LogP contribution in [0.25, 0.3) is 0 Å². The third kappa shape index (κ3) is 2.51. The summed E-state index contributed by atoms with van der Waals surface area (Å²) in [6, 6.07) is 3.70. The number of Topliss-reactive ketones (excluding diaryl/α,β-unsaturated/α-hetero) is 1. The summed E-state index contributed by atoms with van der Waals surface area (Å²) in [6.45, 7) is 0. The normalized spacial score (nSPS) is 18.6. The van der Waals surface area contributed by atoms with Crippen molar-refractivity contribution in [3.63, 3.8) is 0 Å². The van der Waals surface area contributed by atoms with Gasteiger partial charge in [0.25, 0.3) is 0 Å². The molecule has 3 rings (SSSR count). The molecular weight excluding hydrogens is 272 g/mol. The van der Waals surface area contributed by atoms with E-state index < -0.39 is 0 Å². The molecule has 0 spiro atoms. The summed E-state index contributed by atoms with van der Waals surface area (Å²) >= 11 is 1.31. The maximum Gasteiger partial charge on any atom is 0.180 e. The highest BCUT2D eigenvalue weighted by molar-refractivity contribution is 7.17. The number of aryl methyl sites for hydroxylation is 1. The number of thiazole rings is 1. The number of rotatable bonds is 2. The number of fused-ring (bicyclic) bond motifs is 1. The fourth-order valence-electron chi connectivity index (χ4n) is 2.60. The Morgan fingerprint density at radius 3 is 2.95 bits per heavy atom. The quantitative estimate of drug-likeness (QED) is 0.825. The minimum Gasteiger partial charge on any atom is -0.384 e. The van der Waals surface area contributed by atoms with Crippen LogP contribution in [0.5, 0.6) is 0 Å². The van der Waals surface area contributed by atoms with Crippen LogP contribution in [0.3, 0.4) is 0 Å². The number of carbonyl (C=O) groups excluding carboxylic acids is 1. The molecule has 2 heterocycles. The van der Waals surface area contributed by atoms with E-state index in [0.29, 0.717) is 17.4 Å². The standard InChI is InChI=1S/C14H16N4OS/c15-11-5-4-8(7-17-11)6-9-2-1-3-10-13(12(9)19)20-14(16)18-10/h4-5,7,9H,1-3,6H2,(H2,15,17)(H2,16,18). The van der Waals surface area contributed by atoms with Gasteiger partial charge in [0.2, 0.25) is 0 Å². The van der Waals surface area contributed by atoms with Gasteiger partial charge < -0.3 is 11.5 Å². The van der Waals surface area contributed by atoms with Gasteiger partial charge in [0.15, 0.2) is 10.9 Å². The van der Waals surface area contributed by atoms with E-state index in [1.165, 1.54) is 11.3 Å². The van der Waals surface area contributed by atoms with E-state index in [2.05, 4.69) is 9.97 Å². The number of aromatic nitrogens is 2. The summed E-state index contributed by atoms with van der Waals surface area (Å²) in [5, 5.41) is 0.484. The topological polar surface area (TPSA) is 94.9 Å². The van der Waals surface area contributed by atoms with Crippen LogP contribution < -0.4 is 11.5 Å². The van der Waals surface area contributed by atoms with Crippen molar-refractivity contribution in [1.29, 1.82) is 0 Å². The summed E-state index contributed by atoms with van der Waals surface area (Å²) in [4.78, 5) is 21.7. The van der Waals surface area contributed by atoms with E-state index >= 15 is 0 Å². The summed E-state index contributed by atoms with van der Waals surface area (Å²) in [7, 11) is 0. The Kier molecular flexibility index (Phi) is 3.40. The van der Waals surface area contributed by atoms with Crippen molar-refractivity contribution in [3.8, 4) is 0 Å². The van der Waals surface area contributed by atoms with E-state index in [1.807, 2.05) is 6.07 Å². The van der Waals surface area contributed by atoms with E-state index in [4.69, 9.17) is 11.5 Å². The van der Waals surface area contributed by atoms with E-state index in [0.717, 1.165) is 35.4 Å². The Labute approximate surface area is 121 Å². The zero-order valence-electron chi connectivity index (χ0n) is 11.0. The predicted octanol–water partition coefficient (Wildman–Crippen LogP) is 2.08. The number of carbonyl (C=O) groups is 1. The summed E-state index contributed by atoms with van der Waals surface area (Å²) < 4.78 is 0.